The van der Waals surface area contributed by atoms with Gasteiger partial charge >= 0.3 is 6.18 Å². The summed E-state index contributed by atoms with van der Waals surface area (Å²) in [5.41, 5.74) is 1.52. The predicted octanol–water partition coefficient (Wildman–Crippen LogP) is 5.01. The molecule has 1 saturated heterocycles. The molecular weight excluding hydrogens is 587 g/mol. The van der Waals surface area contributed by atoms with Crippen LogP contribution in [-0.4, -0.2) is 76.6 Å². The highest BCUT2D eigenvalue weighted by molar-refractivity contribution is 6.06. The molecule has 1 fully saturated rings. The molecule has 3 heterocycles. The lowest BCUT2D eigenvalue weighted by Gasteiger charge is -2.26. The topological polar surface area (TPSA) is 105 Å². The number of alkyl halides is 3. The highest BCUT2D eigenvalue weighted by Gasteiger charge is 2.31. The van der Waals surface area contributed by atoms with E-state index >= 15 is 0 Å². The second-order valence-electron chi connectivity index (χ2n) is 10.5. The molecule has 2 aromatic heterocycles. The number of pyridine rings is 1. The van der Waals surface area contributed by atoms with Gasteiger partial charge in [-0.3, -0.25) is 19.2 Å². The number of nitrogens with zero attached hydrogens (tertiary/aromatic N) is 6. The van der Waals surface area contributed by atoms with E-state index in [4.69, 9.17) is 4.74 Å². The maximum atomic E-state index is 13.1. The summed E-state index contributed by atoms with van der Waals surface area (Å²) in [7, 11) is 1.40. The third kappa shape index (κ3) is 8.61. The summed E-state index contributed by atoms with van der Waals surface area (Å²) in [4.78, 5) is 33.4. The van der Waals surface area contributed by atoms with Gasteiger partial charge < -0.3 is 15.0 Å². The van der Waals surface area contributed by atoms with E-state index in [-0.39, 0.29) is 11.3 Å². The normalized spacial score (nSPS) is 14.0. The summed E-state index contributed by atoms with van der Waals surface area (Å²) in [5, 5.41) is 11.1. The van der Waals surface area contributed by atoms with Crippen molar-refractivity contribution in [2.75, 3.05) is 50.1 Å². The number of anilines is 2. The number of aromatic nitrogens is 4. The van der Waals surface area contributed by atoms with Crippen molar-refractivity contribution >= 4 is 29.4 Å². The van der Waals surface area contributed by atoms with E-state index in [1.807, 2.05) is 10.9 Å². The van der Waals surface area contributed by atoms with E-state index in [0.717, 1.165) is 68.4 Å². The molecule has 0 spiro atoms. The Morgan fingerprint density at radius 2 is 1.84 bits per heavy atom. The smallest absolute Gasteiger partial charge is 0.379 e. The number of aryl methyl sites for hydroxylation is 1. The second-order valence-corrected chi connectivity index (χ2v) is 10.5. The number of hydrogen-bond acceptors (Lipinski definition) is 7. The average molecular weight is 620 g/mol. The van der Waals surface area contributed by atoms with Crippen LogP contribution >= 0.6 is 0 Å². The van der Waals surface area contributed by atoms with Crippen LogP contribution in [0.4, 0.5) is 24.7 Å². The Labute approximate surface area is 258 Å². The number of carbonyl (C=O) groups is 2. The van der Waals surface area contributed by atoms with E-state index in [1.165, 1.54) is 31.3 Å². The second kappa shape index (κ2) is 14.3. The van der Waals surface area contributed by atoms with Gasteiger partial charge in [0.05, 0.1) is 25.0 Å². The minimum atomic E-state index is -4.52. The van der Waals surface area contributed by atoms with Crippen LogP contribution in [0.25, 0.3) is 17.3 Å². The van der Waals surface area contributed by atoms with Crippen LogP contribution in [0.5, 0.6) is 0 Å². The van der Waals surface area contributed by atoms with Gasteiger partial charge in [0.2, 0.25) is 5.91 Å². The van der Waals surface area contributed by atoms with E-state index in [0.29, 0.717) is 17.1 Å². The van der Waals surface area contributed by atoms with E-state index in [9.17, 15) is 22.8 Å². The van der Waals surface area contributed by atoms with Crippen LogP contribution < -0.4 is 10.2 Å². The number of ether oxygens (including phenoxy) is 1. The van der Waals surface area contributed by atoms with Gasteiger partial charge in [0.25, 0.3) is 5.91 Å². The molecule has 0 bridgehead atoms. The van der Waals surface area contributed by atoms with Crippen molar-refractivity contribution in [3.8, 4) is 11.3 Å². The fraction of sp³-hybridized carbons (Fsp3) is 0.281. The van der Waals surface area contributed by atoms with Crippen molar-refractivity contribution in [3.05, 3.63) is 95.8 Å². The molecule has 10 nitrogen and oxygen atoms in total. The number of hydrogen-bond donors (Lipinski definition) is 1. The maximum absolute atomic E-state index is 13.1. The molecule has 1 aliphatic rings. The Morgan fingerprint density at radius 3 is 2.60 bits per heavy atom. The quantitative estimate of drug-likeness (QED) is 0.249. The number of halogens is 3. The summed E-state index contributed by atoms with van der Waals surface area (Å²) in [6, 6.07) is 14.5. The van der Waals surface area contributed by atoms with Gasteiger partial charge in [-0.05, 0) is 60.5 Å². The van der Waals surface area contributed by atoms with Crippen molar-refractivity contribution in [1.82, 2.24) is 24.9 Å². The van der Waals surface area contributed by atoms with Crippen LogP contribution in [0.15, 0.2) is 79.1 Å². The van der Waals surface area contributed by atoms with Gasteiger partial charge in [-0.1, -0.05) is 23.4 Å². The van der Waals surface area contributed by atoms with Crippen LogP contribution in [0.1, 0.15) is 27.9 Å². The summed E-state index contributed by atoms with van der Waals surface area (Å²) in [6.45, 7) is 5.19. The Kier molecular flexibility index (Phi) is 10.0. The van der Waals surface area contributed by atoms with E-state index < -0.39 is 23.6 Å². The minimum Gasteiger partial charge on any atom is -0.379 e. The number of carbonyl (C=O) groups excluding carboxylic acids is 2. The number of amides is 2. The summed E-state index contributed by atoms with van der Waals surface area (Å²) < 4.78 is 46.5. The first-order valence-electron chi connectivity index (χ1n) is 14.4. The van der Waals surface area contributed by atoms with Crippen LogP contribution in [-0.2, 0) is 22.3 Å². The van der Waals surface area contributed by atoms with E-state index in [2.05, 4.69) is 25.5 Å². The molecule has 5 rings (SSSR count). The first-order chi connectivity index (χ1) is 21.7. The van der Waals surface area contributed by atoms with Crippen molar-refractivity contribution in [2.24, 2.45) is 0 Å². The van der Waals surface area contributed by atoms with Gasteiger partial charge in [0, 0.05) is 62.3 Å². The van der Waals surface area contributed by atoms with Gasteiger partial charge in [-0.2, -0.15) is 13.2 Å². The van der Waals surface area contributed by atoms with Gasteiger partial charge in [0.1, 0.15) is 11.5 Å². The van der Waals surface area contributed by atoms with Gasteiger partial charge in [0.15, 0.2) is 0 Å². The van der Waals surface area contributed by atoms with Gasteiger partial charge in [-0.15, -0.1) is 5.10 Å². The van der Waals surface area contributed by atoms with Crippen LogP contribution in [0.2, 0.25) is 0 Å². The SMILES string of the molecule is CN(C(=O)c1cccc(/C=C/C(=O)Nc2ccc(-c3cn(CCCN4CCOCC4)nn3)cn2)c1)c1cccc(C(F)(F)F)c1. The zero-order valence-corrected chi connectivity index (χ0v) is 24.6. The molecule has 0 atom stereocenters. The molecule has 2 amide bonds. The highest BCUT2D eigenvalue weighted by Crippen LogP contribution is 2.31. The molecule has 0 aliphatic carbocycles. The summed E-state index contributed by atoms with van der Waals surface area (Å²) in [6.07, 6.45) is 2.75. The third-order valence-corrected chi connectivity index (χ3v) is 7.24. The number of benzene rings is 2. The number of rotatable bonds is 10. The predicted molar refractivity (Wildman–Crippen MR) is 163 cm³/mol. The Morgan fingerprint density at radius 1 is 1.04 bits per heavy atom. The number of nitrogens with one attached hydrogen (secondary N) is 1. The minimum absolute atomic E-state index is 0.109. The molecule has 1 N–H and O–H groups in total. The van der Waals surface area contributed by atoms with Crippen LogP contribution in [0, 0.1) is 0 Å². The Balaban J connectivity index is 1.14. The first-order valence-corrected chi connectivity index (χ1v) is 14.4. The standard InChI is InChI=1S/C32H32F3N7O3/c1-40(27-8-3-7-26(20-27)32(33,34)35)31(44)24-6-2-5-23(19-24)9-12-30(43)37-29-11-10-25(21-36-29)28-22-42(39-38-28)14-4-13-41-15-17-45-18-16-41/h2-3,5-12,19-22H,4,13-18H2,1H3,(H,36,37,43)/b12-9+. The molecule has 0 saturated carbocycles. The van der Waals surface area contributed by atoms with Gasteiger partial charge in [-0.25, -0.2) is 4.98 Å². The van der Waals surface area contributed by atoms with Crippen molar-refractivity contribution in [2.45, 2.75) is 19.1 Å². The molecular formula is C32H32F3N7O3. The maximum Gasteiger partial charge on any atom is 0.416 e. The lowest BCUT2D eigenvalue weighted by Crippen LogP contribution is -2.37. The fourth-order valence-electron chi connectivity index (χ4n) is 4.76. The first kappa shape index (κ1) is 31.5. The average Bonchev–Trinajstić information content (AvgIpc) is 3.53. The molecule has 1 aliphatic heterocycles. The summed E-state index contributed by atoms with van der Waals surface area (Å²) >= 11 is 0. The summed E-state index contributed by atoms with van der Waals surface area (Å²) in [5.74, 6) is -0.580. The molecule has 45 heavy (non-hydrogen) atoms. The van der Waals surface area contributed by atoms with Crippen LogP contribution in [0.3, 0.4) is 0 Å². The fourth-order valence-corrected chi connectivity index (χ4v) is 4.76. The zero-order valence-electron chi connectivity index (χ0n) is 24.6. The third-order valence-electron chi connectivity index (χ3n) is 7.24. The lowest BCUT2D eigenvalue weighted by molar-refractivity contribution is -0.137. The zero-order chi connectivity index (χ0) is 31.8. The Hall–Kier alpha value is -4.88. The number of morpholine rings is 1. The molecule has 4 aromatic rings. The van der Waals surface area contributed by atoms with Crippen molar-refractivity contribution in [1.29, 1.82) is 0 Å². The molecule has 234 valence electrons. The monoisotopic (exact) mass is 619 g/mol. The molecule has 13 heteroatoms. The molecule has 0 unspecified atom stereocenters. The molecule has 2 aromatic carbocycles. The largest absolute Gasteiger partial charge is 0.416 e. The van der Waals surface area contributed by atoms with Crippen molar-refractivity contribution in [3.63, 3.8) is 0 Å². The molecule has 0 radical (unpaired) electrons. The highest BCUT2D eigenvalue weighted by atomic mass is 19.4. The lowest BCUT2D eigenvalue weighted by atomic mass is 10.1. The van der Waals surface area contributed by atoms with E-state index in [1.54, 1.807) is 42.6 Å². The Bertz CT molecular complexity index is 1650. The van der Waals surface area contributed by atoms with Crippen molar-refractivity contribution < 1.29 is 27.5 Å².